The number of aromatic nitrogens is 4. The van der Waals surface area contributed by atoms with Gasteiger partial charge in [0.2, 0.25) is 23.6 Å². The van der Waals surface area contributed by atoms with Gasteiger partial charge in [0.15, 0.2) is 5.82 Å². The number of thiazole rings is 1. The number of β-amino-alcohol motifs (C(OH)–C–C–N with tert-alkyl or cyclic N) is 1. The summed E-state index contributed by atoms with van der Waals surface area (Å²) in [6.07, 6.45) is -0.240. The predicted molar refractivity (Wildman–Crippen MR) is 319 cm³/mol. The molecule has 0 bridgehead atoms. The number of rotatable bonds is 28. The molecule has 0 radical (unpaired) electrons. The van der Waals surface area contributed by atoms with E-state index in [0.717, 1.165) is 53.8 Å². The van der Waals surface area contributed by atoms with Crippen molar-refractivity contribution in [3.8, 4) is 21.2 Å². The molecule has 5 heterocycles. The second-order valence-electron chi connectivity index (χ2n) is 21.9. The number of carboxylic acid groups (broad SMARTS) is 1. The van der Waals surface area contributed by atoms with Crippen LogP contribution in [-0.4, -0.2) is 154 Å². The van der Waals surface area contributed by atoms with Gasteiger partial charge in [0.25, 0.3) is 0 Å². The Morgan fingerprint density at radius 2 is 1.43 bits per heavy atom. The zero-order valence-electron chi connectivity index (χ0n) is 48.8. The van der Waals surface area contributed by atoms with E-state index >= 15 is 0 Å². The molecule has 21 nitrogen and oxygen atoms in total. The molecule has 448 valence electrons. The van der Waals surface area contributed by atoms with E-state index < -0.39 is 47.4 Å². The molecule has 0 aliphatic carbocycles. The van der Waals surface area contributed by atoms with Crippen molar-refractivity contribution in [2.45, 2.75) is 111 Å². The van der Waals surface area contributed by atoms with Gasteiger partial charge in [-0.3, -0.25) is 33.5 Å². The summed E-state index contributed by atoms with van der Waals surface area (Å²) in [7, 11) is 0. The van der Waals surface area contributed by atoms with E-state index in [-0.39, 0.29) is 63.5 Å². The molecule has 5 N–H and O–H groups in total. The summed E-state index contributed by atoms with van der Waals surface area (Å²) in [5.74, 6) is -0.619. The Labute approximate surface area is 497 Å². The number of aryl methyl sites for hydroxylation is 4. The molecular weight excluding hydrogens is 1110 g/mol. The lowest BCUT2D eigenvalue weighted by Gasteiger charge is -2.35. The Bertz CT molecular complexity index is 3260. The summed E-state index contributed by atoms with van der Waals surface area (Å²) >= 11 is 3.17. The van der Waals surface area contributed by atoms with Crippen molar-refractivity contribution < 1.29 is 57.9 Å². The van der Waals surface area contributed by atoms with Gasteiger partial charge in [-0.25, -0.2) is 4.98 Å². The Balaban J connectivity index is 0.657. The Kier molecular flexibility index (Phi) is 21.7. The van der Waals surface area contributed by atoms with E-state index in [1.807, 2.05) is 138 Å². The zero-order chi connectivity index (χ0) is 60.1. The van der Waals surface area contributed by atoms with Gasteiger partial charge >= 0.3 is 5.97 Å². The topological polar surface area (TPSA) is 267 Å². The smallest absolute Gasteiger partial charge is 0.306 e. The number of aliphatic carboxylic acids is 1. The average Bonchev–Trinajstić information content (AvgIpc) is 2.42. The van der Waals surface area contributed by atoms with E-state index in [0.29, 0.717) is 74.9 Å². The first kappa shape index (κ1) is 62.8. The lowest BCUT2D eigenvalue weighted by Crippen LogP contribution is -2.58. The Morgan fingerprint density at radius 3 is 2.06 bits per heavy atom. The number of hydrogen-bond acceptors (Lipinski definition) is 17. The van der Waals surface area contributed by atoms with E-state index in [1.165, 1.54) is 4.90 Å². The summed E-state index contributed by atoms with van der Waals surface area (Å²) in [6.45, 7) is 17.3. The van der Waals surface area contributed by atoms with Crippen molar-refractivity contribution in [2.24, 2.45) is 10.4 Å². The highest BCUT2D eigenvalue weighted by Gasteiger charge is 2.45. The maximum absolute atomic E-state index is 14.0. The molecular formula is C61H75N9O12S2. The van der Waals surface area contributed by atoms with Crippen molar-refractivity contribution in [1.82, 2.24) is 35.3 Å². The van der Waals surface area contributed by atoms with Gasteiger partial charge in [-0.2, -0.15) is 0 Å². The number of aliphatic imine (C=N–C) groups is 1. The number of benzene rings is 3. The summed E-state index contributed by atoms with van der Waals surface area (Å²) in [6, 6.07) is 19.9. The molecule has 1 saturated heterocycles. The van der Waals surface area contributed by atoms with Crippen molar-refractivity contribution in [2.75, 3.05) is 71.3 Å². The molecule has 5 atom stereocenters. The number of hydrogen-bond donors (Lipinski definition) is 5. The summed E-state index contributed by atoms with van der Waals surface area (Å²) in [5, 5.41) is 38.7. The fraction of sp³-hybridized carbons (Fsp3) is 0.459. The lowest BCUT2D eigenvalue weighted by molar-refractivity contribution is -0.144. The number of fused-ring (bicyclic) bond motifs is 3. The minimum absolute atomic E-state index is 0.0325. The fourth-order valence-corrected chi connectivity index (χ4v) is 11.9. The van der Waals surface area contributed by atoms with Crippen LogP contribution in [0.2, 0.25) is 0 Å². The highest BCUT2D eigenvalue weighted by Crippen LogP contribution is 2.40. The molecule has 1 fully saturated rings. The molecule has 0 spiro atoms. The lowest BCUT2D eigenvalue weighted by atomic mass is 9.85. The van der Waals surface area contributed by atoms with Crippen LogP contribution in [0.5, 0.6) is 5.75 Å². The molecule has 6 aromatic rings. The van der Waals surface area contributed by atoms with E-state index in [4.69, 9.17) is 28.7 Å². The van der Waals surface area contributed by atoms with E-state index in [2.05, 4.69) is 31.1 Å². The number of nitrogens with zero attached hydrogens (tertiary/aromatic N) is 6. The van der Waals surface area contributed by atoms with Crippen LogP contribution in [0.3, 0.4) is 0 Å². The van der Waals surface area contributed by atoms with Gasteiger partial charge in [-0.05, 0) is 93.0 Å². The molecule has 3 aromatic heterocycles. The maximum atomic E-state index is 14.0. The zero-order valence-corrected chi connectivity index (χ0v) is 50.4. The molecule has 2 aliphatic heterocycles. The van der Waals surface area contributed by atoms with Crippen molar-refractivity contribution in [3.63, 3.8) is 0 Å². The fourth-order valence-electron chi connectivity index (χ4n) is 9.90. The van der Waals surface area contributed by atoms with Crippen molar-refractivity contribution in [1.29, 1.82) is 0 Å². The minimum Gasteiger partial charge on any atom is -0.491 e. The Morgan fingerprint density at radius 1 is 0.786 bits per heavy atom. The van der Waals surface area contributed by atoms with Crippen molar-refractivity contribution in [3.05, 3.63) is 128 Å². The van der Waals surface area contributed by atoms with Crippen LogP contribution >= 0.6 is 22.7 Å². The summed E-state index contributed by atoms with van der Waals surface area (Å²) in [4.78, 5) is 78.5. The van der Waals surface area contributed by atoms with Crippen molar-refractivity contribution >= 4 is 63.7 Å². The monoisotopic (exact) mass is 1190 g/mol. The highest BCUT2D eigenvalue weighted by atomic mass is 32.1. The van der Waals surface area contributed by atoms with Crippen LogP contribution in [-0.2, 0) is 49.3 Å². The maximum Gasteiger partial charge on any atom is 0.306 e. The van der Waals surface area contributed by atoms with E-state index in [9.17, 15) is 34.2 Å². The molecule has 0 saturated carbocycles. The number of likely N-dealkylation sites (tertiary alicyclic amines) is 1. The third-order valence-electron chi connectivity index (χ3n) is 14.5. The molecule has 8 rings (SSSR count). The number of aliphatic hydroxyl groups excluding tert-OH is 1. The Hall–Kier alpha value is -7.25. The SMILES string of the molecule is Cc1ncsc1-c1ccc(C(C)NC(=O)[C@@H]2C[C@@H](O)CN2C(=O)C(NC(=O)COCCOCCOCCOCCOc2ccc(CCC(=O)Nc3ccc(C4=N[C@@H](CC(=O)O)c5nnc(C)n5-c5sc(C)c(C)c54)cc3)cc2)C(C)(C)C)cc1. The molecule has 23 heteroatoms. The number of amides is 4. The number of nitrogens with one attached hydrogen (secondary N) is 3. The van der Waals surface area contributed by atoms with Gasteiger partial charge < -0.3 is 54.7 Å². The molecule has 2 unspecified atom stereocenters. The molecule has 3 aromatic carbocycles. The van der Waals surface area contributed by atoms with Crippen LogP contribution in [0.15, 0.2) is 83.3 Å². The second-order valence-corrected chi connectivity index (χ2v) is 23.9. The normalized spacial score (nSPS) is 16.5. The number of ether oxygens (including phenoxy) is 5. The predicted octanol–water partition coefficient (Wildman–Crippen LogP) is 7.44. The molecule has 84 heavy (non-hydrogen) atoms. The van der Waals surface area contributed by atoms with Crippen LogP contribution in [0.4, 0.5) is 5.69 Å². The molecule has 2 aliphatic rings. The van der Waals surface area contributed by atoms with Crippen LogP contribution in [0.1, 0.15) is 109 Å². The highest BCUT2D eigenvalue weighted by molar-refractivity contribution is 7.15. The average molecular weight is 1190 g/mol. The first-order valence-corrected chi connectivity index (χ1v) is 29.8. The number of thiophene rings is 1. The summed E-state index contributed by atoms with van der Waals surface area (Å²) < 4.78 is 30.1. The first-order chi connectivity index (χ1) is 40.2. The van der Waals surface area contributed by atoms with Crippen LogP contribution in [0, 0.1) is 33.1 Å². The number of carboxylic acids is 1. The number of anilines is 1. The van der Waals surface area contributed by atoms with Crippen LogP contribution < -0.4 is 20.7 Å². The van der Waals surface area contributed by atoms with Gasteiger partial charge in [-0.15, -0.1) is 32.9 Å². The van der Waals surface area contributed by atoms with E-state index in [1.54, 1.807) is 22.7 Å². The standard InChI is InChI=1S/C61H75N9O12S2/c1-36-39(4)84-60-53(36)54(65-48(32-52(74)75)57-68-67-40(5)70(57)60)43-16-18-45(19-17-43)64-50(72)22-11-41-9-20-47(21-10-41)82-30-29-80-26-25-78-23-24-79-27-28-81-34-51(73)66-56(61(6,7)8)59(77)69-33-46(71)31-49(69)58(76)63-37(2)42-12-14-44(15-13-42)55-38(3)62-35-83-55/h9-10,12-21,35,37,46,48-49,56,71H,11,22-34H2,1-8H3,(H,63,76)(H,64,72)(H,66,73)(H,74,75)/t37?,46-,48+,49+,56?/m1/s1. The van der Waals surface area contributed by atoms with Gasteiger partial charge in [0.1, 0.15) is 47.9 Å². The molecule has 4 amide bonds. The van der Waals surface area contributed by atoms with Gasteiger partial charge in [0, 0.05) is 41.1 Å². The minimum atomic E-state index is -0.985. The number of aliphatic hydroxyl groups is 1. The van der Waals surface area contributed by atoms with Gasteiger partial charge in [0.05, 0.1) is 86.6 Å². The number of carbonyl (C=O) groups excluding carboxylic acids is 4. The van der Waals surface area contributed by atoms with Gasteiger partial charge in [-0.1, -0.05) is 69.3 Å². The number of carbonyl (C=O) groups is 5. The van der Waals surface area contributed by atoms with Crippen LogP contribution in [0.25, 0.3) is 15.4 Å². The quantitative estimate of drug-likeness (QED) is 0.0299. The third-order valence-corrected chi connectivity index (χ3v) is 16.7. The largest absolute Gasteiger partial charge is 0.491 e. The first-order valence-electron chi connectivity index (χ1n) is 28.1. The third kappa shape index (κ3) is 16.3. The second kappa shape index (κ2) is 29.0. The summed E-state index contributed by atoms with van der Waals surface area (Å²) in [5.41, 5.74) is 9.04.